The van der Waals surface area contributed by atoms with E-state index in [1.54, 1.807) is 0 Å². The molecule has 5 heteroatoms. The highest BCUT2D eigenvalue weighted by Gasteiger charge is 2.35. The van der Waals surface area contributed by atoms with E-state index in [1.807, 2.05) is 7.05 Å². The fourth-order valence-electron chi connectivity index (χ4n) is 3.56. The summed E-state index contributed by atoms with van der Waals surface area (Å²) < 4.78 is 6.08. The van der Waals surface area contributed by atoms with Crippen molar-refractivity contribution in [2.45, 2.75) is 46.3 Å². The summed E-state index contributed by atoms with van der Waals surface area (Å²) in [5.41, 5.74) is 2.62. The zero-order valence-corrected chi connectivity index (χ0v) is 17.3. The first-order chi connectivity index (χ1) is 12.3. The van der Waals surface area contributed by atoms with Crippen LogP contribution in [0.5, 0.6) is 0 Å². The van der Waals surface area contributed by atoms with Crippen molar-refractivity contribution in [3.05, 3.63) is 29.8 Å². The van der Waals surface area contributed by atoms with E-state index in [4.69, 9.17) is 4.74 Å². The first kappa shape index (κ1) is 20.6. The van der Waals surface area contributed by atoms with Crippen molar-refractivity contribution in [3.8, 4) is 0 Å². The van der Waals surface area contributed by atoms with Crippen LogP contribution in [0.1, 0.15) is 39.2 Å². The monoisotopic (exact) mass is 360 g/mol. The van der Waals surface area contributed by atoms with Gasteiger partial charge in [-0.3, -0.25) is 4.99 Å². The van der Waals surface area contributed by atoms with Crippen LogP contribution in [-0.2, 0) is 11.3 Å². The molecule has 0 saturated carbocycles. The summed E-state index contributed by atoms with van der Waals surface area (Å²) >= 11 is 0. The van der Waals surface area contributed by atoms with Gasteiger partial charge in [0.15, 0.2) is 5.96 Å². The molecule has 0 bridgehead atoms. The second kappa shape index (κ2) is 9.26. The van der Waals surface area contributed by atoms with E-state index in [9.17, 15) is 0 Å². The minimum atomic E-state index is 0.165. The highest BCUT2D eigenvalue weighted by molar-refractivity contribution is 5.79. The number of nitrogens with one attached hydrogen (secondary N) is 2. The third-order valence-electron chi connectivity index (χ3n) is 4.97. The summed E-state index contributed by atoms with van der Waals surface area (Å²) in [6.07, 6.45) is 2.64. The van der Waals surface area contributed by atoms with Crippen LogP contribution in [0, 0.1) is 11.3 Å². The van der Waals surface area contributed by atoms with Crippen LogP contribution in [0.3, 0.4) is 0 Å². The van der Waals surface area contributed by atoms with E-state index in [2.05, 4.69) is 79.7 Å². The Hall–Kier alpha value is -1.75. The normalized spacial score (nSPS) is 21.4. The molecule has 2 rings (SSSR count). The van der Waals surface area contributed by atoms with Gasteiger partial charge in [-0.25, -0.2) is 0 Å². The topological polar surface area (TPSA) is 48.9 Å². The van der Waals surface area contributed by atoms with Gasteiger partial charge in [0.05, 0.1) is 6.10 Å². The Morgan fingerprint density at radius 1 is 1.19 bits per heavy atom. The molecule has 1 aliphatic rings. The molecule has 2 N–H and O–H groups in total. The van der Waals surface area contributed by atoms with Crippen molar-refractivity contribution in [2.75, 3.05) is 39.2 Å². The average molecular weight is 361 g/mol. The molecule has 0 spiro atoms. The molecular weight excluding hydrogens is 324 g/mol. The van der Waals surface area contributed by atoms with Gasteiger partial charge < -0.3 is 20.3 Å². The Bertz CT molecular complexity index is 575. The van der Waals surface area contributed by atoms with Gasteiger partial charge in [0.25, 0.3) is 0 Å². The smallest absolute Gasteiger partial charge is 0.191 e. The molecule has 1 aromatic rings. The van der Waals surface area contributed by atoms with Crippen LogP contribution >= 0.6 is 0 Å². The standard InChI is InChI=1S/C21H36N4O/c1-21(2,3)19-17(8-7-13-26-19)15-24-20(22-4)23-14-16-9-11-18(12-10-16)25(5)6/h9-12,17,19H,7-8,13-15H2,1-6H3,(H2,22,23,24). The molecular formula is C21H36N4O. The third-order valence-corrected chi connectivity index (χ3v) is 4.97. The van der Waals surface area contributed by atoms with Crippen molar-refractivity contribution in [1.82, 2.24) is 10.6 Å². The number of guanidine groups is 1. The van der Waals surface area contributed by atoms with Gasteiger partial charge in [-0.2, -0.15) is 0 Å². The predicted molar refractivity (Wildman–Crippen MR) is 111 cm³/mol. The van der Waals surface area contributed by atoms with Crippen molar-refractivity contribution in [1.29, 1.82) is 0 Å². The molecule has 1 heterocycles. The van der Waals surface area contributed by atoms with Gasteiger partial charge in [0, 0.05) is 52.4 Å². The lowest BCUT2D eigenvalue weighted by Crippen LogP contribution is -2.47. The van der Waals surface area contributed by atoms with Crippen molar-refractivity contribution in [2.24, 2.45) is 16.3 Å². The maximum absolute atomic E-state index is 6.08. The van der Waals surface area contributed by atoms with Gasteiger partial charge in [-0.1, -0.05) is 32.9 Å². The Morgan fingerprint density at radius 3 is 2.46 bits per heavy atom. The number of rotatable bonds is 5. The lowest BCUT2D eigenvalue weighted by atomic mass is 9.78. The number of aliphatic imine (C=N–C) groups is 1. The van der Waals surface area contributed by atoms with Crippen molar-refractivity contribution < 1.29 is 4.74 Å². The molecule has 1 saturated heterocycles. The van der Waals surface area contributed by atoms with Crippen LogP contribution in [-0.4, -0.2) is 46.4 Å². The van der Waals surface area contributed by atoms with Gasteiger partial charge in [-0.05, 0) is 36.0 Å². The minimum Gasteiger partial charge on any atom is -0.378 e. The van der Waals surface area contributed by atoms with Crippen LogP contribution < -0.4 is 15.5 Å². The summed E-state index contributed by atoms with van der Waals surface area (Å²) in [6.45, 7) is 9.33. The molecule has 26 heavy (non-hydrogen) atoms. The van der Waals surface area contributed by atoms with E-state index in [0.717, 1.165) is 32.1 Å². The lowest BCUT2D eigenvalue weighted by molar-refractivity contribution is -0.0835. The fourth-order valence-corrected chi connectivity index (χ4v) is 3.56. The molecule has 2 unspecified atom stereocenters. The minimum absolute atomic E-state index is 0.165. The molecule has 1 fully saturated rings. The van der Waals surface area contributed by atoms with Crippen LogP contribution in [0.25, 0.3) is 0 Å². The van der Waals surface area contributed by atoms with Crippen LogP contribution in [0.15, 0.2) is 29.3 Å². The van der Waals surface area contributed by atoms with Gasteiger partial charge in [0.2, 0.25) is 0 Å². The van der Waals surface area contributed by atoms with Crippen LogP contribution in [0.2, 0.25) is 0 Å². The van der Waals surface area contributed by atoms with E-state index in [1.165, 1.54) is 17.7 Å². The number of hydrogen-bond acceptors (Lipinski definition) is 3. The molecule has 146 valence electrons. The molecule has 0 amide bonds. The largest absolute Gasteiger partial charge is 0.378 e. The summed E-state index contributed by atoms with van der Waals surface area (Å²) in [6, 6.07) is 8.58. The Morgan fingerprint density at radius 2 is 1.88 bits per heavy atom. The number of nitrogens with zero attached hydrogens (tertiary/aromatic N) is 2. The summed E-state index contributed by atoms with van der Waals surface area (Å²) in [5.74, 6) is 1.36. The summed E-state index contributed by atoms with van der Waals surface area (Å²) in [7, 11) is 5.93. The molecule has 0 aliphatic carbocycles. The predicted octanol–water partition coefficient (Wildman–Crippen LogP) is 3.26. The van der Waals surface area contributed by atoms with Crippen molar-refractivity contribution in [3.63, 3.8) is 0 Å². The highest BCUT2D eigenvalue weighted by atomic mass is 16.5. The third kappa shape index (κ3) is 5.90. The van der Waals surface area contributed by atoms with E-state index in [-0.39, 0.29) is 5.41 Å². The number of anilines is 1. The zero-order valence-electron chi connectivity index (χ0n) is 17.3. The lowest BCUT2D eigenvalue weighted by Gasteiger charge is -2.40. The maximum atomic E-state index is 6.08. The summed E-state index contributed by atoms with van der Waals surface area (Å²) in [4.78, 5) is 6.47. The second-order valence-corrected chi connectivity index (χ2v) is 8.43. The van der Waals surface area contributed by atoms with E-state index >= 15 is 0 Å². The molecule has 2 atom stereocenters. The van der Waals surface area contributed by atoms with E-state index < -0.39 is 0 Å². The first-order valence-corrected chi connectivity index (χ1v) is 9.63. The van der Waals surface area contributed by atoms with E-state index in [0.29, 0.717) is 12.0 Å². The molecule has 0 aromatic heterocycles. The van der Waals surface area contributed by atoms with Crippen LogP contribution in [0.4, 0.5) is 5.69 Å². The quantitative estimate of drug-likeness (QED) is 0.625. The Balaban J connectivity index is 1.85. The number of benzene rings is 1. The molecule has 5 nitrogen and oxygen atoms in total. The fraction of sp³-hybridized carbons (Fsp3) is 0.667. The molecule has 1 aromatic carbocycles. The van der Waals surface area contributed by atoms with Gasteiger partial charge in [-0.15, -0.1) is 0 Å². The maximum Gasteiger partial charge on any atom is 0.191 e. The highest BCUT2D eigenvalue weighted by Crippen LogP contribution is 2.33. The Labute approximate surface area is 159 Å². The SMILES string of the molecule is CN=C(NCc1ccc(N(C)C)cc1)NCC1CCCOC1C(C)(C)C. The number of hydrogen-bond donors (Lipinski definition) is 2. The average Bonchev–Trinajstić information content (AvgIpc) is 2.61. The first-order valence-electron chi connectivity index (χ1n) is 9.63. The van der Waals surface area contributed by atoms with Gasteiger partial charge >= 0.3 is 0 Å². The van der Waals surface area contributed by atoms with Gasteiger partial charge in [0.1, 0.15) is 0 Å². The van der Waals surface area contributed by atoms with Crippen molar-refractivity contribution >= 4 is 11.6 Å². The number of ether oxygens (including phenoxy) is 1. The molecule has 1 aliphatic heterocycles. The zero-order chi connectivity index (χ0) is 19.2. The second-order valence-electron chi connectivity index (χ2n) is 8.43. The molecule has 0 radical (unpaired) electrons. The Kier molecular flexibility index (Phi) is 7.33. The summed E-state index contributed by atoms with van der Waals surface area (Å²) in [5, 5.41) is 6.90.